The van der Waals surface area contributed by atoms with Gasteiger partial charge in [-0.05, 0) is 85.7 Å². The molecule has 3 aromatic rings. The maximum absolute atomic E-state index is 13.4. The van der Waals surface area contributed by atoms with Crippen molar-refractivity contribution in [2.75, 3.05) is 11.5 Å². The molecule has 6 heteroatoms. The topological polar surface area (TPSA) is 66.8 Å². The Kier molecular flexibility index (Phi) is 6.35. The third-order valence-corrected chi connectivity index (χ3v) is 6.87. The minimum atomic E-state index is -0.829. The van der Waals surface area contributed by atoms with Crippen LogP contribution in [0.2, 0.25) is 5.02 Å². The maximum Gasteiger partial charge on any atom is 0.300 e. The van der Waals surface area contributed by atoms with Gasteiger partial charge in [0.15, 0.2) is 0 Å². The first-order valence-electron chi connectivity index (χ1n) is 11.9. The quantitative estimate of drug-likeness (QED) is 0.262. The first-order valence-corrected chi connectivity index (χ1v) is 12.3. The molecule has 1 N–H and O–H groups in total. The predicted octanol–water partition coefficient (Wildman–Crippen LogP) is 6.24. The Bertz CT molecular complexity index is 1350. The van der Waals surface area contributed by atoms with E-state index in [-0.39, 0.29) is 11.3 Å². The zero-order valence-electron chi connectivity index (χ0n) is 19.5. The van der Waals surface area contributed by atoms with Crippen molar-refractivity contribution in [2.45, 2.75) is 38.6 Å². The van der Waals surface area contributed by atoms with E-state index < -0.39 is 17.7 Å². The van der Waals surface area contributed by atoms with Crippen LogP contribution >= 0.6 is 11.6 Å². The minimum Gasteiger partial charge on any atom is -0.507 e. The molecule has 1 amide bonds. The lowest BCUT2D eigenvalue weighted by Gasteiger charge is -2.26. The second-order valence-corrected chi connectivity index (χ2v) is 9.28. The van der Waals surface area contributed by atoms with Crippen LogP contribution in [0.1, 0.15) is 48.1 Å². The number of Topliss-reactive ketones (excluding diaryl/α,β-unsaturated/α-hetero) is 1. The number of carbonyl (C=O) groups is 2. The van der Waals surface area contributed by atoms with Gasteiger partial charge in [-0.15, -0.1) is 0 Å². The number of nitrogens with zero attached hydrogens (tertiary/aromatic N) is 1. The van der Waals surface area contributed by atoms with E-state index in [1.807, 2.05) is 43.3 Å². The van der Waals surface area contributed by atoms with Gasteiger partial charge in [0, 0.05) is 16.3 Å². The van der Waals surface area contributed by atoms with E-state index in [4.69, 9.17) is 16.3 Å². The molecule has 3 aromatic carbocycles. The zero-order chi connectivity index (χ0) is 24.5. The van der Waals surface area contributed by atoms with Crippen LogP contribution in [0.25, 0.3) is 5.76 Å². The number of ether oxygens (including phenoxy) is 1. The predicted molar refractivity (Wildman–Crippen MR) is 137 cm³/mol. The molecule has 178 valence electrons. The third-order valence-electron chi connectivity index (χ3n) is 6.64. The van der Waals surface area contributed by atoms with Crippen LogP contribution in [0, 0.1) is 0 Å². The number of carbonyl (C=O) groups excluding carboxylic acids is 2. The van der Waals surface area contributed by atoms with Crippen molar-refractivity contribution < 1.29 is 19.4 Å². The molecule has 2 aliphatic rings. The Balaban J connectivity index is 1.69. The number of aliphatic hydroxyl groups excluding tert-OH is 1. The van der Waals surface area contributed by atoms with Crippen molar-refractivity contribution in [3.63, 3.8) is 0 Å². The van der Waals surface area contributed by atoms with Crippen molar-refractivity contribution >= 4 is 34.7 Å². The molecule has 1 aliphatic heterocycles. The van der Waals surface area contributed by atoms with Gasteiger partial charge in [0.2, 0.25) is 0 Å². The van der Waals surface area contributed by atoms with Crippen LogP contribution in [-0.2, 0) is 22.4 Å². The molecular weight excluding hydrogens is 462 g/mol. The molecule has 0 bridgehead atoms. The molecule has 5 rings (SSSR count). The van der Waals surface area contributed by atoms with Crippen molar-refractivity contribution in [3.8, 4) is 5.75 Å². The number of hydrogen-bond donors (Lipinski definition) is 1. The number of ketones is 1. The average molecular weight is 488 g/mol. The lowest BCUT2D eigenvalue weighted by Crippen LogP contribution is -2.29. The molecule has 0 aromatic heterocycles. The van der Waals surface area contributed by atoms with Gasteiger partial charge in [0.05, 0.1) is 18.2 Å². The lowest BCUT2D eigenvalue weighted by molar-refractivity contribution is -0.132. The van der Waals surface area contributed by atoms with Gasteiger partial charge < -0.3 is 9.84 Å². The van der Waals surface area contributed by atoms with Crippen molar-refractivity contribution in [3.05, 3.63) is 99.6 Å². The molecule has 5 nitrogen and oxygen atoms in total. The minimum absolute atomic E-state index is 0.0550. The highest BCUT2D eigenvalue weighted by molar-refractivity contribution is 6.51. The van der Waals surface area contributed by atoms with Gasteiger partial charge in [-0.1, -0.05) is 41.9 Å². The smallest absolute Gasteiger partial charge is 0.300 e. The van der Waals surface area contributed by atoms with E-state index >= 15 is 0 Å². The molecule has 1 unspecified atom stereocenters. The van der Waals surface area contributed by atoms with Gasteiger partial charge >= 0.3 is 0 Å². The molecule has 0 radical (unpaired) electrons. The van der Waals surface area contributed by atoms with Crippen LogP contribution in [-0.4, -0.2) is 23.4 Å². The molecule has 35 heavy (non-hydrogen) atoms. The number of aliphatic hydroxyl groups is 1. The summed E-state index contributed by atoms with van der Waals surface area (Å²) in [5.74, 6) is -0.992. The van der Waals surface area contributed by atoms with Crippen LogP contribution in [0.4, 0.5) is 5.69 Å². The Morgan fingerprint density at radius 2 is 1.77 bits per heavy atom. The number of fused-ring (bicyclic) bond motifs is 1. The van der Waals surface area contributed by atoms with Gasteiger partial charge in [-0.25, -0.2) is 0 Å². The maximum atomic E-state index is 13.4. The van der Waals surface area contributed by atoms with Crippen LogP contribution in [0.15, 0.2) is 72.3 Å². The van der Waals surface area contributed by atoms with Gasteiger partial charge in [-0.2, -0.15) is 0 Å². The SMILES string of the molecule is CCOc1cccc(C2/C(=C(/O)c3ccc4c(c3)CCCC4)C(=O)C(=O)N2c2cccc(Cl)c2)c1. The summed E-state index contributed by atoms with van der Waals surface area (Å²) in [6.45, 7) is 2.37. The Labute approximate surface area is 209 Å². The van der Waals surface area contributed by atoms with E-state index in [9.17, 15) is 14.7 Å². The van der Waals surface area contributed by atoms with Crippen LogP contribution < -0.4 is 9.64 Å². The van der Waals surface area contributed by atoms with Crippen molar-refractivity contribution in [1.29, 1.82) is 0 Å². The zero-order valence-corrected chi connectivity index (χ0v) is 20.2. The van der Waals surface area contributed by atoms with E-state index in [1.54, 1.807) is 30.3 Å². The molecule has 0 spiro atoms. The summed E-state index contributed by atoms with van der Waals surface area (Å²) >= 11 is 6.23. The Morgan fingerprint density at radius 3 is 2.54 bits per heavy atom. The fourth-order valence-electron chi connectivity index (χ4n) is 5.02. The summed E-state index contributed by atoms with van der Waals surface area (Å²) < 4.78 is 5.67. The van der Waals surface area contributed by atoms with Crippen molar-refractivity contribution in [1.82, 2.24) is 0 Å². The molecule has 1 atom stereocenters. The van der Waals surface area contributed by atoms with Gasteiger partial charge in [0.25, 0.3) is 11.7 Å². The van der Waals surface area contributed by atoms with E-state index in [0.29, 0.717) is 34.2 Å². The highest BCUT2D eigenvalue weighted by Crippen LogP contribution is 2.43. The summed E-state index contributed by atoms with van der Waals surface area (Å²) in [4.78, 5) is 28.2. The van der Waals surface area contributed by atoms with Crippen molar-refractivity contribution in [2.24, 2.45) is 0 Å². The van der Waals surface area contributed by atoms with Gasteiger partial charge in [0.1, 0.15) is 11.5 Å². The van der Waals surface area contributed by atoms with E-state index in [0.717, 1.165) is 25.7 Å². The number of anilines is 1. The van der Waals surface area contributed by atoms with Gasteiger partial charge in [-0.3, -0.25) is 14.5 Å². The molecule has 1 saturated heterocycles. The summed E-state index contributed by atoms with van der Waals surface area (Å²) in [5, 5.41) is 11.9. The largest absolute Gasteiger partial charge is 0.507 e. The lowest BCUT2D eigenvalue weighted by atomic mass is 9.88. The summed E-state index contributed by atoms with van der Waals surface area (Å²) in [5.41, 5.74) is 4.19. The normalized spacial score (nSPS) is 19.0. The third kappa shape index (κ3) is 4.32. The summed E-state index contributed by atoms with van der Waals surface area (Å²) in [6.07, 6.45) is 4.20. The Hall–Kier alpha value is -3.57. The van der Waals surface area contributed by atoms with E-state index in [1.165, 1.54) is 16.0 Å². The molecule has 1 aliphatic carbocycles. The second kappa shape index (κ2) is 9.59. The van der Waals surface area contributed by atoms with Crippen LogP contribution in [0.5, 0.6) is 5.75 Å². The standard InChI is InChI=1S/C29H26ClNO4/c1-2-35-24-12-5-9-20(16-24)26-25(27(32)21-14-13-18-7-3-4-8-19(18)15-21)28(33)29(34)31(26)23-11-6-10-22(30)17-23/h5-6,9-17,26,32H,2-4,7-8H2,1H3/b27-25-. The number of benzene rings is 3. The molecule has 1 heterocycles. The number of hydrogen-bond acceptors (Lipinski definition) is 4. The van der Waals surface area contributed by atoms with Crippen LogP contribution in [0.3, 0.4) is 0 Å². The number of halogens is 1. The fourth-order valence-corrected chi connectivity index (χ4v) is 5.20. The number of aryl methyl sites for hydroxylation is 2. The summed E-state index contributed by atoms with van der Waals surface area (Å²) in [7, 11) is 0. The first kappa shape index (κ1) is 23.2. The second-order valence-electron chi connectivity index (χ2n) is 8.85. The average Bonchev–Trinajstić information content (AvgIpc) is 3.14. The highest BCUT2D eigenvalue weighted by atomic mass is 35.5. The monoisotopic (exact) mass is 487 g/mol. The molecule has 1 fully saturated rings. The number of rotatable bonds is 5. The summed E-state index contributed by atoms with van der Waals surface area (Å²) in [6, 6.07) is 19.1. The Morgan fingerprint density at radius 1 is 1.00 bits per heavy atom. The highest BCUT2D eigenvalue weighted by Gasteiger charge is 2.47. The van der Waals surface area contributed by atoms with E-state index in [2.05, 4.69) is 0 Å². The number of amides is 1. The fraction of sp³-hybridized carbons (Fsp3) is 0.241. The first-order chi connectivity index (χ1) is 17.0. The molecular formula is C29H26ClNO4. The molecule has 0 saturated carbocycles.